The summed E-state index contributed by atoms with van der Waals surface area (Å²) in [6, 6.07) is 1.98. The molecular formula is C19H19N7O2. The van der Waals surface area contributed by atoms with Crippen molar-refractivity contribution in [1.29, 1.82) is 0 Å². The van der Waals surface area contributed by atoms with Crippen LogP contribution in [0.5, 0.6) is 0 Å². The van der Waals surface area contributed by atoms with E-state index in [0.29, 0.717) is 37.0 Å². The molecule has 9 heteroatoms. The summed E-state index contributed by atoms with van der Waals surface area (Å²) in [5.74, 6) is 1.38. The molecule has 0 unspecified atom stereocenters. The van der Waals surface area contributed by atoms with Crippen LogP contribution in [0.3, 0.4) is 0 Å². The highest BCUT2D eigenvalue weighted by Crippen LogP contribution is 2.38. The first-order valence-electron chi connectivity index (χ1n) is 9.35. The fraction of sp³-hybridized carbons (Fsp3) is 0.368. The van der Waals surface area contributed by atoms with Gasteiger partial charge in [-0.25, -0.2) is 4.98 Å². The lowest BCUT2D eigenvalue weighted by Gasteiger charge is -2.16. The van der Waals surface area contributed by atoms with E-state index in [4.69, 9.17) is 0 Å². The summed E-state index contributed by atoms with van der Waals surface area (Å²) in [7, 11) is 0. The number of nitrogens with one attached hydrogen (secondary N) is 1. The quantitative estimate of drug-likeness (QED) is 0.800. The summed E-state index contributed by atoms with van der Waals surface area (Å²) < 4.78 is 0. The number of hydrogen-bond donors (Lipinski definition) is 1. The van der Waals surface area contributed by atoms with Crippen molar-refractivity contribution < 1.29 is 9.59 Å². The highest BCUT2D eigenvalue weighted by atomic mass is 16.2. The summed E-state index contributed by atoms with van der Waals surface area (Å²) in [6.45, 7) is 1.44. The Bertz CT molecular complexity index is 996. The SMILES string of the molecule is O=C1CCc2cc(/C=C/C(=O)N3C[C@@H]4CC(n5ncnn5)=C[C@@H]4C3)cnc2N1. The van der Waals surface area contributed by atoms with Crippen LogP contribution in [-0.2, 0) is 16.0 Å². The second-order valence-corrected chi connectivity index (χ2v) is 7.41. The Morgan fingerprint density at radius 1 is 1.29 bits per heavy atom. The number of anilines is 1. The standard InChI is InChI=1S/C19H19N7O2/c27-17-3-2-13-5-12(8-20-19(13)23-17)1-4-18(28)25-9-14-6-16(7-15(14)10-25)26-22-11-21-24-26/h1,4-6,8,11,14-15H,2-3,7,9-10H2,(H,20,23,27)/b4-1+/t14-,15+/m1/s1. The van der Waals surface area contributed by atoms with E-state index in [1.54, 1.807) is 23.1 Å². The van der Waals surface area contributed by atoms with Crippen molar-refractivity contribution >= 4 is 29.4 Å². The molecule has 0 radical (unpaired) electrons. The monoisotopic (exact) mass is 377 g/mol. The molecule has 0 saturated carbocycles. The molecule has 2 amide bonds. The van der Waals surface area contributed by atoms with Crippen molar-refractivity contribution in [2.24, 2.45) is 11.8 Å². The van der Waals surface area contributed by atoms with Gasteiger partial charge in [-0.3, -0.25) is 9.59 Å². The molecule has 0 aromatic carbocycles. The molecule has 2 atom stereocenters. The van der Waals surface area contributed by atoms with E-state index in [9.17, 15) is 9.59 Å². The van der Waals surface area contributed by atoms with Crippen LogP contribution in [0.1, 0.15) is 24.0 Å². The van der Waals surface area contributed by atoms with Gasteiger partial charge in [-0.1, -0.05) is 6.08 Å². The number of nitrogens with zero attached hydrogens (tertiary/aromatic N) is 6. The maximum Gasteiger partial charge on any atom is 0.246 e. The molecule has 5 rings (SSSR count). The van der Waals surface area contributed by atoms with Crippen LogP contribution in [0.25, 0.3) is 11.8 Å². The van der Waals surface area contributed by atoms with Crippen molar-refractivity contribution in [2.45, 2.75) is 19.3 Å². The number of aryl methyl sites for hydroxylation is 1. The molecular weight excluding hydrogens is 358 g/mol. The highest BCUT2D eigenvalue weighted by molar-refractivity contribution is 5.94. The molecule has 3 aliphatic rings. The molecule has 1 aliphatic carbocycles. The fourth-order valence-corrected chi connectivity index (χ4v) is 4.15. The normalized spacial score (nSPS) is 23.5. The molecule has 4 heterocycles. The van der Waals surface area contributed by atoms with Crippen LogP contribution in [0.4, 0.5) is 5.82 Å². The Balaban J connectivity index is 1.23. The summed E-state index contributed by atoms with van der Waals surface area (Å²) in [5.41, 5.74) is 2.92. The van der Waals surface area contributed by atoms with Crippen molar-refractivity contribution in [3.8, 4) is 0 Å². The van der Waals surface area contributed by atoms with Gasteiger partial charge in [0.25, 0.3) is 0 Å². The number of fused-ring (bicyclic) bond motifs is 2. The number of carbonyl (C=O) groups is 2. The van der Waals surface area contributed by atoms with Crippen LogP contribution < -0.4 is 5.32 Å². The van der Waals surface area contributed by atoms with Crippen molar-refractivity contribution in [1.82, 2.24) is 30.1 Å². The number of likely N-dealkylation sites (tertiary alicyclic amines) is 1. The molecule has 9 nitrogen and oxygen atoms in total. The summed E-state index contributed by atoms with van der Waals surface area (Å²) in [4.78, 5) is 31.7. The first-order chi connectivity index (χ1) is 13.7. The van der Waals surface area contributed by atoms with Crippen LogP contribution in [0, 0.1) is 11.8 Å². The van der Waals surface area contributed by atoms with Crippen LogP contribution in [-0.4, -0.2) is 55.0 Å². The highest BCUT2D eigenvalue weighted by Gasteiger charge is 2.38. The molecule has 1 saturated heterocycles. The van der Waals surface area contributed by atoms with Crippen molar-refractivity contribution in [2.75, 3.05) is 18.4 Å². The Labute approximate surface area is 161 Å². The third-order valence-electron chi connectivity index (χ3n) is 5.57. The van der Waals surface area contributed by atoms with E-state index in [0.717, 1.165) is 29.8 Å². The predicted molar refractivity (Wildman–Crippen MR) is 100 cm³/mol. The van der Waals surface area contributed by atoms with E-state index in [1.165, 1.54) is 6.33 Å². The van der Waals surface area contributed by atoms with Crippen LogP contribution in [0.15, 0.2) is 30.7 Å². The zero-order chi connectivity index (χ0) is 19.1. The van der Waals surface area contributed by atoms with Crippen molar-refractivity contribution in [3.63, 3.8) is 0 Å². The van der Waals surface area contributed by atoms with Gasteiger partial charge in [-0.05, 0) is 47.2 Å². The molecule has 0 spiro atoms. The Morgan fingerprint density at radius 2 is 2.21 bits per heavy atom. The first-order valence-corrected chi connectivity index (χ1v) is 9.35. The maximum absolute atomic E-state index is 12.6. The molecule has 2 aromatic rings. The van der Waals surface area contributed by atoms with E-state index < -0.39 is 0 Å². The average Bonchev–Trinajstić information content (AvgIpc) is 3.41. The molecule has 0 bridgehead atoms. The number of tetrazole rings is 1. The molecule has 142 valence electrons. The molecule has 1 fully saturated rings. The summed E-state index contributed by atoms with van der Waals surface area (Å²) in [5, 5.41) is 14.5. The number of pyridine rings is 1. The topological polar surface area (TPSA) is 106 Å². The average molecular weight is 377 g/mol. The third kappa shape index (κ3) is 3.08. The van der Waals surface area contributed by atoms with Gasteiger partial charge in [-0.2, -0.15) is 0 Å². The Morgan fingerprint density at radius 3 is 3.04 bits per heavy atom. The van der Waals surface area contributed by atoms with Crippen LogP contribution in [0.2, 0.25) is 0 Å². The van der Waals surface area contributed by atoms with Gasteiger partial charge in [0.05, 0.1) is 5.70 Å². The summed E-state index contributed by atoms with van der Waals surface area (Å²) >= 11 is 0. The fourth-order valence-electron chi connectivity index (χ4n) is 4.15. The minimum atomic E-state index is -0.00476. The molecule has 2 aliphatic heterocycles. The minimum absolute atomic E-state index is 0.00476. The number of hydrogen-bond acceptors (Lipinski definition) is 6. The van der Waals surface area contributed by atoms with E-state index in [2.05, 4.69) is 31.8 Å². The zero-order valence-corrected chi connectivity index (χ0v) is 15.2. The number of allylic oxidation sites excluding steroid dienone is 1. The van der Waals surface area contributed by atoms with E-state index in [1.807, 2.05) is 11.0 Å². The van der Waals surface area contributed by atoms with Gasteiger partial charge in [0, 0.05) is 37.7 Å². The van der Waals surface area contributed by atoms with E-state index >= 15 is 0 Å². The Kier molecular flexibility index (Phi) is 4.00. The second kappa shape index (κ2) is 6.66. The molecule has 2 aromatic heterocycles. The zero-order valence-electron chi connectivity index (χ0n) is 15.2. The van der Waals surface area contributed by atoms with E-state index in [-0.39, 0.29) is 11.8 Å². The van der Waals surface area contributed by atoms with Crippen molar-refractivity contribution in [3.05, 3.63) is 41.9 Å². The molecule has 28 heavy (non-hydrogen) atoms. The van der Waals surface area contributed by atoms with Gasteiger partial charge in [0.15, 0.2) is 6.33 Å². The largest absolute Gasteiger partial charge is 0.338 e. The lowest BCUT2D eigenvalue weighted by Crippen LogP contribution is -2.27. The third-order valence-corrected chi connectivity index (χ3v) is 5.57. The second-order valence-electron chi connectivity index (χ2n) is 7.41. The maximum atomic E-state index is 12.6. The smallest absolute Gasteiger partial charge is 0.246 e. The lowest BCUT2D eigenvalue weighted by molar-refractivity contribution is -0.125. The number of amides is 2. The van der Waals surface area contributed by atoms with Gasteiger partial charge in [-0.15, -0.1) is 15.0 Å². The molecule has 1 N–H and O–H groups in total. The minimum Gasteiger partial charge on any atom is -0.338 e. The number of aromatic nitrogens is 5. The van der Waals surface area contributed by atoms with Gasteiger partial charge in [0.2, 0.25) is 11.8 Å². The van der Waals surface area contributed by atoms with Gasteiger partial charge in [0.1, 0.15) is 5.82 Å². The first kappa shape index (κ1) is 16.8. The summed E-state index contributed by atoms with van der Waals surface area (Å²) in [6.07, 6.45) is 10.7. The Hall–Kier alpha value is -3.36. The van der Waals surface area contributed by atoms with Gasteiger partial charge >= 0.3 is 0 Å². The van der Waals surface area contributed by atoms with Crippen LogP contribution >= 0.6 is 0 Å². The van der Waals surface area contributed by atoms with Gasteiger partial charge < -0.3 is 10.2 Å². The number of rotatable bonds is 3. The number of carbonyl (C=O) groups excluding carboxylic acids is 2. The lowest BCUT2D eigenvalue weighted by atomic mass is 10.0. The predicted octanol–water partition coefficient (Wildman–Crippen LogP) is 0.985.